The first-order valence-electron chi connectivity index (χ1n) is 12.4. The normalized spacial score (nSPS) is 32.3. The molecule has 39 heavy (non-hydrogen) atoms. The van der Waals surface area contributed by atoms with Gasteiger partial charge in [0.2, 0.25) is 0 Å². The Morgan fingerprint density at radius 2 is 1.90 bits per heavy atom. The number of fused-ring (bicyclic) bond motifs is 9. The van der Waals surface area contributed by atoms with Gasteiger partial charge in [0.1, 0.15) is 35.3 Å². The van der Waals surface area contributed by atoms with E-state index in [0.717, 1.165) is 5.57 Å². The number of aliphatic imine (C=N–C) groups is 2. The van der Waals surface area contributed by atoms with Crippen LogP contribution >= 0.6 is 23.2 Å². The van der Waals surface area contributed by atoms with Crippen LogP contribution in [0, 0.1) is 5.92 Å². The smallest absolute Gasteiger partial charge is 0.189 e. The quantitative estimate of drug-likeness (QED) is 0.446. The summed E-state index contributed by atoms with van der Waals surface area (Å²) in [5.74, 6) is -1.23. The number of methoxy groups -OCH3 is 1. The zero-order valence-corrected chi connectivity index (χ0v) is 21.9. The number of carbonyl (C=O) groups is 2. The maximum Gasteiger partial charge on any atom is 0.189 e. The third-order valence-corrected chi connectivity index (χ3v) is 8.79. The van der Waals surface area contributed by atoms with E-state index in [-0.39, 0.29) is 35.3 Å². The minimum atomic E-state index is -1.33. The van der Waals surface area contributed by atoms with Crippen LogP contribution in [0.15, 0.2) is 37.9 Å². The van der Waals surface area contributed by atoms with Crippen LogP contribution in [0.4, 0.5) is 5.69 Å². The van der Waals surface area contributed by atoms with E-state index in [1.807, 2.05) is 0 Å². The van der Waals surface area contributed by atoms with Gasteiger partial charge in [0.05, 0.1) is 35.9 Å². The number of halogens is 2. The molecule has 10 nitrogen and oxygen atoms in total. The number of ketones is 2. The molecule has 0 radical (unpaired) electrons. The lowest BCUT2D eigenvalue weighted by molar-refractivity contribution is -0.243. The summed E-state index contributed by atoms with van der Waals surface area (Å²) in [6.45, 7) is -0.419. The molecule has 3 N–H and O–H groups in total. The molecule has 200 valence electrons. The van der Waals surface area contributed by atoms with E-state index in [4.69, 9.17) is 37.7 Å². The molecule has 0 saturated carbocycles. The molecule has 6 aliphatic rings. The Morgan fingerprint density at radius 1 is 1.10 bits per heavy atom. The van der Waals surface area contributed by atoms with E-state index in [2.05, 4.69) is 9.98 Å². The molecule has 2 aliphatic carbocycles. The van der Waals surface area contributed by atoms with Gasteiger partial charge in [-0.25, -0.2) is 15.0 Å². The van der Waals surface area contributed by atoms with Gasteiger partial charge < -0.3 is 24.8 Å². The van der Waals surface area contributed by atoms with Crippen LogP contribution in [-0.4, -0.2) is 82.0 Å². The summed E-state index contributed by atoms with van der Waals surface area (Å²) in [7, 11) is 1.37. The highest BCUT2D eigenvalue weighted by atomic mass is 35.5. The van der Waals surface area contributed by atoms with Crippen LogP contribution < -0.4 is 10.6 Å². The number of nitrogens with zero attached hydrogens (tertiary/aromatic N) is 3. The molecule has 1 fully saturated rings. The number of aliphatic hydroxyl groups excluding tert-OH is 3. The zero-order valence-electron chi connectivity index (χ0n) is 20.4. The van der Waals surface area contributed by atoms with Crippen molar-refractivity contribution < 1.29 is 34.4 Å². The molecule has 4 heterocycles. The fraction of sp³-hybridized carbons (Fsp3) is 0.370. The number of benzene rings is 1. The lowest BCUT2D eigenvalue weighted by Crippen LogP contribution is -2.61. The van der Waals surface area contributed by atoms with Crippen molar-refractivity contribution in [3.05, 3.63) is 50.1 Å². The molecule has 1 saturated heterocycles. The lowest BCUT2D eigenvalue weighted by Gasteiger charge is -2.45. The number of allylic oxidation sites excluding steroid dienone is 4. The molecule has 1 aromatic carbocycles. The number of hydrogen-bond donors (Lipinski definition) is 3. The van der Waals surface area contributed by atoms with Gasteiger partial charge in [-0.1, -0.05) is 23.2 Å². The van der Waals surface area contributed by atoms with Gasteiger partial charge in [0.15, 0.2) is 11.6 Å². The van der Waals surface area contributed by atoms with Gasteiger partial charge in [0.25, 0.3) is 0 Å². The van der Waals surface area contributed by atoms with Gasteiger partial charge in [-0.2, -0.15) is 0 Å². The summed E-state index contributed by atoms with van der Waals surface area (Å²) in [4.78, 5) is 38.7. The van der Waals surface area contributed by atoms with E-state index in [9.17, 15) is 24.9 Å². The highest BCUT2D eigenvalue weighted by molar-refractivity contribution is 6.71. The van der Waals surface area contributed by atoms with Crippen LogP contribution in [0.1, 0.15) is 29.5 Å². The Labute approximate surface area is 231 Å². The van der Waals surface area contributed by atoms with Gasteiger partial charge in [-0.05, 0) is 24.1 Å². The molecular weight excluding hydrogens is 549 g/mol. The number of Topliss-reactive ketones (excluding diaryl/α,β-unsaturated/α-hetero) is 1. The first kappa shape index (κ1) is 25.2. The standard InChI is InChI=1S/C27H21Cl2N3O7/c1-38-26-16(7-33)39-25(23(36)24(26)37)9-4-10-14(5-13(9)28)31-22-18(10)19-12(6-30-27(19)29)17-11-2-8(34)3-15(35)20(11)32-21(17)22/h2,5-6,9,16,23-26,33,36-37H,3-4,7H2,1H3/t9-,16+,23+,24+,25-,26+/m0/s1. The molecule has 6 atom stereocenters. The number of hydrogen-bond acceptors (Lipinski definition) is 10. The third kappa shape index (κ3) is 3.43. The minimum Gasteiger partial charge on any atom is -0.394 e. The number of ether oxygens (including phenoxy) is 2. The van der Waals surface area contributed by atoms with Crippen LogP contribution in [0.2, 0.25) is 0 Å². The Bertz CT molecular complexity index is 1690. The molecule has 0 bridgehead atoms. The predicted molar refractivity (Wildman–Crippen MR) is 141 cm³/mol. The summed E-state index contributed by atoms with van der Waals surface area (Å²) >= 11 is 13.3. The average Bonchev–Trinajstić information content (AvgIpc) is 3.58. The van der Waals surface area contributed by atoms with Crippen LogP contribution in [-0.2, 0) is 19.1 Å². The van der Waals surface area contributed by atoms with E-state index in [1.165, 1.54) is 13.2 Å². The average molecular weight is 570 g/mol. The van der Waals surface area contributed by atoms with Crippen LogP contribution in [0.3, 0.4) is 0 Å². The Morgan fingerprint density at radius 3 is 2.64 bits per heavy atom. The van der Waals surface area contributed by atoms with Gasteiger partial charge in [-0.15, -0.1) is 0 Å². The number of rotatable bonds is 3. The SMILES string of the molecule is CO[C@H]1[C@H](O)[C@@H](O)[C@H]([C@H]2CC3=C(C=C2Cl)N=c2c4c(c5c(c23)C(Cl)=NC=5)C2=CC(=O)CC(=O)C2=N4)O[C@@H]1CO. The Kier molecular flexibility index (Phi) is 5.70. The summed E-state index contributed by atoms with van der Waals surface area (Å²) in [5.41, 5.74) is 4.38. The van der Waals surface area contributed by atoms with Crippen LogP contribution in [0.25, 0.3) is 17.3 Å². The number of aliphatic hydroxyl groups is 3. The van der Waals surface area contributed by atoms with Crippen LogP contribution in [0.5, 0.6) is 0 Å². The molecule has 0 aromatic heterocycles. The molecule has 0 spiro atoms. The Hall–Kier alpha value is -2.83. The van der Waals surface area contributed by atoms with E-state index in [1.54, 1.807) is 12.3 Å². The van der Waals surface area contributed by atoms with Crippen molar-refractivity contribution in [3.8, 4) is 0 Å². The maximum atomic E-state index is 12.7. The molecule has 7 rings (SSSR count). The van der Waals surface area contributed by atoms with Crippen molar-refractivity contribution in [3.63, 3.8) is 0 Å². The van der Waals surface area contributed by atoms with Gasteiger partial charge in [0, 0.05) is 51.7 Å². The van der Waals surface area contributed by atoms with Crippen molar-refractivity contribution in [2.45, 2.75) is 43.4 Å². The second kappa shape index (κ2) is 8.84. The lowest BCUT2D eigenvalue weighted by atomic mass is 9.79. The topological polar surface area (TPSA) is 150 Å². The van der Waals surface area contributed by atoms with Crippen molar-refractivity contribution in [2.24, 2.45) is 20.9 Å². The molecule has 0 unspecified atom stereocenters. The highest BCUT2D eigenvalue weighted by Gasteiger charge is 2.49. The molecule has 0 amide bonds. The summed E-state index contributed by atoms with van der Waals surface area (Å²) in [5, 5.41) is 33.3. The highest BCUT2D eigenvalue weighted by Crippen LogP contribution is 2.46. The molecular formula is C27H21Cl2N3O7. The van der Waals surface area contributed by atoms with E-state index >= 15 is 0 Å². The first-order valence-corrected chi connectivity index (χ1v) is 13.1. The number of carbonyl (C=O) groups excluding carboxylic acids is 2. The molecule has 1 aromatic rings. The van der Waals surface area contributed by atoms with E-state index in [0.29, 0.717) is 49.3 Å². The summed E-state index contributed by atoms with van der Waals surface area (Å²) in [6.07, 6.45) is -0.603. The maximum absolute atomic E-state index is 12.7. The largest absolute Gasteiger partial charge is 0.394 e. The van der Waals surface area contributed by atoms with Crippen molar-refractivity contribution >= 4 is 68.7 Å². The Balaban J connectivity index is 1.35. The third-order valence-electron chi connectivity index (χ3n) is 8.12. The minimum absolute atomic E-state index is 0.221. The second-order valence-corrected chi connectivity index (χ2v) is 11.0. The van der Waals surface area contributed by atoms with Crippen molar-refractivity contribution in [2.75, 3.05) is 13.7 Å². The summed E-state index contributed by atoms with van der Waals surface area (Å²) in [6, 6.07) is 0. The van der Waals surface area contributed by atoms with E-state index < -0.39 is 43.0 Å². The summed E-state index contributed by atoms with van der Waals surface area (Å²) < 4.78 is 11.3. The van der Waals surface area contributed by atoms with Crippen molar-refractivity contribution in [1.82, 2.24) is 0 Å². The zero-order chi connectivity index (χ0) is 27.3. The second-order valence-electron chi connectivity index (χ2n) is 10.2. The first-order chi connectivity index (χ1) is 18.7. The fourth-order valence-electron chi connectivity index (χ4n) is 6.36. The fourth-order valence-corrected chi connectivity index (χ4v) is 6.91. The van der Waals surface area contributed by atoms with Gasteiger partial charge in [-0.3, -0.25) is 9.59 Å². The molecule has 12 heteroatoms. The van der Waals surface area contributed by atoms with Gasteiger partial charge >= 0.3 is 0 Å². The monoisotopic (exact) mass is 569 g/mol. The predicted octanol–water partition coefficient (Wildman–Crippen LogP) is 0.418. The molecule has 4 aliphatic heterocycles. The van der Waals surface area contributed by atoms with Crippen molar-refractivity contribution in [1.29, 1.82) is 0 Å².